The molecule has 0 bridgehead atoms. The monoisotopic (exact) mass is 332 g/mol. The molecule has 1 N–H and O–H groups in total. The largest absolute Gasteiger partial charge is 0.496 e. The van der Waals surface area contributed by atoms with Crippen molar-refractivity contribution in [3.8, 4) is 5.75 Å². The molecule has 2 rings (SSSR count). The summed E-state index contributed by atoms with van der Waals surface area (Å²) in [5.41, 5.74) is 1.17. The van der Waals surface area contributed by atoms with E-state index < -0.39 is 0 Å². The molecule has 1 heterocycles. The Kier molecular flexibility index (Phi) is 7.57. The Labute approximate surface area is 146 Å². The average Bonchev–Trinajstić information content (AvgIpc) is 2.62. The van der Waals surface area contributed by atoms with Crippen molar-refractivity contribution in [2.45, 2.75) is 52.0 Å². The minimum Gasteiger partial charge on any atom is -0.496 e. The highest BCUT2D eigenvalue weighted by atomic mass is 16.5. The van der Waals surface area contributed by atoms with E-state index in [9.17, 15) is 4.79 Å². The molecule has 134 valence electrons. The van der Waals surface area contributed by atoms with Crippen LogP contribution in [0.15, 0.2) is 24.3 Å². The van der Waals surface area contributed by atoms with Gasteiger partial charge in [0, 0.05) is 18.5 Å². The number of carbonyl (C=O) groups excluding carboxylic acids is 1. The number of rotatable bonds is 8. The number of methoxy groups -OCH3 is 1. The maximum absolute atomic E-state index is 12.1. The summed E-state index contributed by atoms with van der Waals surface area (Å²) in [6.45, 7) is 7.24. The van der Waals surface area contributed by atoms with E-state index in [-0.39, 0.29) is 11.9 Å². The van der Waals surface area contributed by atoms with Crippen molar-refractivity contribution in [2.24, 2.45) is 5.92 Å². The SMILES string of the molecule is CCCCC(=O)NCC(c1ccccc1OC)N1CCC(C)CC1. The Bertz CT molecular complexity index is 510. The van der Waals surface area contributed by atoms with E-state index in [0.717, 1.165) is 37.6 Å². The molecule has 0 radical (unpaired) electrons. The van der Waals surface area contributed by atoms with E-state index in [0.29, 0.717) is 13.0 Å². The summed E-state index contributed by atoms with van der Waals surface area (Å²) in [4.78, 5) is 14.6. The van der Waals surface area contributed by atoms with Gasteiger partial charge in [0.05, 0.1) is 13.2 Å². The quantitative estimate of drug-likeness (QED) is 0.788. The highest BCUT2D eigenvalue weighted by molar-refractivity contribution is 5.75. The molecule has 4 nitrogen and oxygen atoms in total. The van der Waals surface area contributed by atoms with Gasteiger partial charge in [-0.25, -0.2) is 0 Å². The third kappa shape index (κ3) is 5.23. The Morgan fingerprint density at radius 2 is 2.04 bits per heavy atom. The molecule has 1 saturated heterocycles. The molecule has 4 heteroatoms. The Hall–Kier alpha value is -1.55. The number of ether oxygens (including phenoxy) is 1. The summed E-state index contributed by atoms with van der Waals surface area (Å²) in [7, 11) is 1.72. The number of hydrogen-bond acceptors (Lipinski definition) is 3. The first-order chi connectivity index (χ1) is 11.7. The molecule has 0 aromatic heterocycles. The van der Waals surface area contributed by atoms with Gasteiger partial charge in [-0.2, -0.15) is 0 Å². The van der Waals surface area contributed by atoms with E-state index in [4.69, 9.17) is 4.74 Å². The van der Waals surface area contributed by atoms with Gasteiger partial charge in [-0.15, -0.1) is 0 Å². The molecular weight excluding hydrogens is 300 g/mol. The fraction of sp³-hybridized carbons (Fsp3) is 0.650. The molecule has 1 aliphatic heterocycles. The molecule has 0 aliphatic carbocycles. The molecule has 24 heavy (non-hydrogen) atoms. The molecule has 1 unspecified atom stereocenters. The van der Waals surface area contributed by atoms with Crippen molar-refractivity contribution in [1.82, 2.24) is 10.2 Å². The van der Waals surface area contributed by atoms with E-state index in [1.165, 1.54) is 18.4 Å². The molecule has 1 amide bonds. The van der Waals surface area contributed by atoms with Gasteiger partial charge in [-0.1, -0.05) is 38.5 Å². The summed E-state index contributed by atoms with van der Waals surface area (Å²) >= 11 is 0. The van der Waals surface area contributed by atoms with Crippen LogP contribution in [0.3, 0.4) is 0 Å². The van der Waals surface area contributed by atoms with Crippen LogP contribution in [0.5, 0.6) is 5.75 Å². The van der Waals surface area contributed by atoms with Gasteiger partial charge in [0.2, 0.25) is 5.91 Å². The zero-order chi connectivity index (χ0) is 17.4. The summed E-state index contributed by atoms with van der Waals surface area (Å²) < 4.78 is 5.57. The predicted molar refractivity (Wildman–Crippen MR) is 98.2 cm³/mol. The normalized spacial score (nSPS) is 17.5. The molecule has 1 atom stereocenters. The van der Waals surface area contributed by atoms with Crippen LogP contribution in [-0.2, 0) is 4.79 Å². The molecule has 1 aromatic rings. The maximum atomic E-state index is 12.1. The van der Waals surface area contributed by atoms with Crippen LogP contribution in [-0.4, -0.2) is 37.6 Å². The summed E-state index contributed by atoms with van der Waals surface area (Å²) in [6, 6.07) is 8.36. The van der Waals surface area contributed by atoms with Crippen molar-refractivity contribution in [3.05, 3.63) is 29.8 Å². The number of carbonyl (C=O) groups is 1. The van der Waals surface area contributed by atoms with Crippen LogP contribution in [0.25, 0.3) is 0 Å². The van der Waals surface area contributed by atoms with Gasteiger partial charge < -0.3 is 10.1 Å². The van der Waals surface area contributed by atoms with Crippen LogP contribution in [0.1, 0.15) is 57.6 Å². The van der Waals surface area contributed by atoms with Crippen LogP contribution < -0.4 is 10.1 Å². The van der Waals surface area contributed by atoms with E-state index in [1.54, 1.807) is 7.11 Å². The van der Waals surface area contributed by atoms with Crippen LogP contribution in [0.4, 0.5) is 0 Å². The van der Waals surface area contributed by atoms with Gasteiger partial charge in [0.15, 0.2) is 0 Å². The third-order valence-corrected chi connectivity index (χ3v) is 5.01. The number of benzene rings is 1. The lowest BCUT2D eigenvalue weighted by Crippen LogP contribution is -2.42. The molecule has 1 aromatic carbocycles. The maximum Gasteiger partial charge on any atom is 0.220 e. The van der Waals surface area contributed by atoms with Crippen LogP contribution in [0.2, 0.25) is 0 Å². The standard InChI is InChI=1S/C20H32N2O2/c1-4-5-10-20(23)21-15-18(22-13-11-16(2)12-14-22)17-8-6-7-9-19(17)24-3/h6-9,16,18H,4-5,10-15H2,1-3H3,(H,21,23). The first kappa shape index (κ1) is 18.8. The van der Waals surface area contributed by atoms with Gasteiger partial charge in [-0.05, 0) is 44.3 Å². The lowest BCUT2D eigenvalue weighted by Gasteiger charge is -2.37. The fourth-order valence-corrected chi connectivity index (χ4v) is 3.35. The number of amides is 1. The Morgan fingerprint density at radius 1 is 1.33 bits per heavy atom. The highest BCUT2D eigenvalue weighted by Gasteiger charge is 2.26. The lowest BCUT2D eigenvalue weighted by molar-refractivity contribution is -0.121. The smallest absolute Gasteiger partial charge is 0.220 e. The van der Waals surface area contributed by atoms with Crippen molar-refractivity contribution in [1.29, 1.82) is 0 Å². The van der Waals surface area contributed by atoms with E-state index in [2.05, 4.69) is 36.2 Å². The molecule has 1 fully saturated rings. The lowest BCUT2D eigenvalue weighted by atomic mass is 9.95. The second kappa shape index (κ2) is 9.67. The minimum atomic E-state index is 0.155. The molecular formula is C20H32N2O2. The molecule has 0 spiro atoms. The zero-order valence-corrected chi connectivity index (χ0v) is 15.4. The van der Waals surface area contributed by atoms with Crippen molar-refractivity contribution >= 4 is 5.91 Å². The van der Waals surface area contributed by atoms with Crippen molar-refractivity contribution < 1.29 is 9.53 Å². The van der Waals surface area contributed by atoms with Gasteiger partial charge >= 0.3 is 0 Å². The molecule has 1 aliphatic rings. The van der Waals surface area contributed by atoms with Crippen LogP contribution in [0, 0.1) is 5.92 Å². The van der Waals surface area contributed by atoms with Crippen LogP contribution >= 0.6 is 0 Å². The van der Waals surface area contributed by atoms with E-state index >= 15 is 0 Å². The van der Waals surface area contributed by atoms with Gasteiger partial charge in [-0.3, -0.25) is 9.69 Å². The van der Waals surface area contributed by atoms with Crippen molar-refractivity contribution in [3.63, 3.8) is 0 Å². The number of para-hydroxylation sites is 1. The number of likely N-dealkylation sites (tertiary alicyclic amines) is 1. The first-order valence-corrected chi connectivity index (χ1v) is 9.29. The number of nitrogens with zero attached hydrogens (tertiary/aromatic N) is 1. The number of piperidine rings is 1. The highest BCUT2D eigenvalue weighted by Crippen LogP contribution is 2.31. The Morgan fingerprint density at radius 3 is 2.71 bits per heavy atom. The molecule has 0 saturated carbocycles. The minimum absolute atomic E-state index is 0.155. The second-order valence-corrected chi connectivity index (χ2v) is 6.88. The summed E-state index contributed by atoms with van der Waals surface area (Å²) in [5.74, 6) is 1.85. The summed E-state index contributed by atoms with van der Waals surface area (Å²) in [5, 5.41) is 3.14. The predicted octanol–water partition coefficient (Wildman–Crippen LogP) is 3.77. The van der Waals surface area contributed by atoms with Crippen molar-refractivity contribution in [2.75, 3.05) is 26.7 Å². The van der Waals surface area contributed by atoms with Gasteiger partial charge in [0.25, 0.3) is 0 Å². The third-order valence-electron chi connectivity index (χ3n) is 5.01. The number of hydrogen-bond donors (Lipinski definition) is 1. The zero-order valence-electron chi connectivity index (χ0n) is 15.4. The number of nitrogens with one attached hydrogen (secondary N) is 1. The van der Waals surface area contributed by atoms with Gasteiger partial charge in [0.1, 0.15) is 5.75 Å². The Balaban J connectivity index is 2.10. The first-order valence-electron chi connectivity index (χ1n) is 9.29. The van der Waals surface area contributed by atoms with E-state index in [1.807, 2.05) is 12.1 Å². The summed E-state index contributed by atoms with van der Waals surface area (Å²) in [6.07, 6.45) is 5.05. The second-order valence-electron chi connectivity index (χ2n) is 6.88. The number of unbranched alkanes of at least 4 members (excludes halogenated alkanes) is 1. The topological polar surface area (TPSA) is 41.6 Å². The average molecular weight is 332 g/mol. The fourth-order valence-electron chi connectivity index (χ4n) is 3.35.